The second-order valence-electron chi connectivity index (χ2n) is 8.58. The van der Waals surface area contributed by atoms with Crippen LogP contribution in [0.15, 0.2) is 24.5 Å². The Morgan fingerprint density at radius 1 is 1.30 bits per heavy atom. The number of fused-ring (bicyclic) bond motifs is 2. The number of aromatic nitrogens is 3. The third-order valence-corrected chi connectivity index (χ3v) is 6.43. The number of likely N-dealkylation sites (tertiary alicyclic amines) is 1. The van der Waals surface area contributed by atoms with E-state index >= 15 is 0 Å². The number of hydrogen-bond donors (Lipinski definition) is 0. The number of piperidine rings is 1. The molecule has 0 bridgehead atoms. The maximum atomic E-state index is 13.3. The van der Waals surface area contributed by atoms with E-state index in [0.717, 1.165) is 50.4 Å². The summed E-state index contributed by atoms with van der Waals surface area (Å²) < 4.78 is 2.18. The fourth-order valence-electron chi connectivity index (χ4n) is 4.86. The number of nitrogens with zero attached hydrogens (tertiary/aromatic N) is 5. The normalized spacial score (nSPS) is 24.3. The molecule has 0 N–H and O–H groups in total. The summed E-state index contributed by atoms with van der Waals surface area (Å²) in [5.74, 6) is 0.947. The van der Waals surface area contributed by atoms with Gasteiger partial charge in [0.25, 0.3) is 5.91 Å². The van der Waals surface area contributed by atoms with E-state index in [4.69, 9.17) is 4.98 Å². The van der Waals surface area contributed by atoms with Crippen LogP contribution in [0.4, 0.5) is 5.95 Å². The highest BCUT2D eigenvalue weighted by molar-refractivity contribution is 5.93. The van der Waals surface area contributed by atoms with Gasteiger partial charge in [0.2, 0.25) is 5.95 Å². The van der Waals surface area contributed by atoms with Crippen molar-refractivity contribution in [1.29, 1.82) is 0 Å². The summed E-state index contributed by atoms with van der Waals surface area (Å²) in [5.41, 5.74) is 3.28. The molecule has 1 amide bonds. The molecule has 2 aliphatic carbocycles. The van der Waals surface area contributed by atoms with Gasteiger partial charge in [0.05, 0.1) is 5.69 Å². The van der Waals surface area contributed by atoms with Crippen molar-refractivity contribution in [2.45, 2.75) is 50.0 Å². The van der Waals surface area contributed by atoms with Crippen LogP contribution in [0.25, 0.3) is 0 Å². The van der Waals surface area contributed by atoms with Crippen LogP contribution in [0, 0.1) is 0 Å². The van der Waals surface area contributed by atoms with E-state index in [9.17, 15) is 4.79 Å². The molecule has 2 aromatic rings. The van der Waals surface area contributed by atoms with Gasteiger partial charge in [0.1, 0.15) is 5.69 Å². The highest BCUT2D eigenvalue weighted by Crippen LogP contribution is 2.44. The van der Waals surface area contributed by atoms with E-state index in [1.165, 1.54) is 24.1 Å². The van der Waals surface area contributed by atoms with E-state index in [-0.39, 0.29) is 11.3 Å². The minimum Gasteiger partial charge on any atom is -0.347 e. The summed E-state index contributed by atoms with van der Waals surface area (Å²) in [7, 11) is 3.96. The van der Waals surface area contributed by atoms with Gasteiger partial charge in [-0.3, -0.25) is 4.79 Å². The van der Waals surface area contributed by atoms with Crippen molar-refractivity contribution in [3.05, 3.63) is 41.5 Å². The number of carbonyl (C=O) groups excluding carboxylic acids is 1. The van der Waals surface area contributed by atoms with Crippen LogP contribution in [0.2, 0.25) is 0 Å². The highest BCUT2D eigenvalue weighted by Gasteiger charge is 2.45. The molecule has 1 saturated heterocycles. The Hall–Kier alpha value is -2.37. The van der Waals surface area contributed by atoms with Crippen LogP contribution in [-0.2, 0) is 11.8 Å². The maximum absolute atomic E-state index is 13.3. The summed E-state index contributed by atoms with van der Waals surface area (Å²) in [4.78, 5) is 26.7. The molecule has 6 nitrogen and oxygen atoms in total. The summed E-state index contributed by atoms with van der Waals surface area (Å²) in [6, 6.07) is 4.52. The van der Waals surface area contributed by atoms with Crippen molar-refractivity contribution in [3.63, 3.8) is 0 Å². The van der Waals surface area contributed by atoms with E-state index in [1.54, 1.807) is 0 Å². The topological polar surface area (TPSA) is 54.3 Å². The lowest BCUT2D eigenvalue weighted by Crippen LogP contribution is -2.48. The zero-order valence-electron chi connectivity index (χ0n) is 16.2. The molecule has 1 spiro atoms. The van der Waals surface area contributed by atoms with Crippen molar-refractivity contribution in [3.8, 4) is 0 Å². The number of rotatable bonds is 3. The highest BCUT2D eigenvalue weighted by atomic mass is 16.2. The minimum absolute atomic E-state index is 0.00601. The molecule has 2 fully saturated rings. The van der Waals surface area contributed by atoms with Gasteiger partial charge in [-0.15, -0.1) is 0 Å². The summed E-state index contributed by atoms with van der Waals surface area (Å²) in [6.45, 7) is 1.62. The summed E-state index contributed by atoms with van der Waals surface area (Å²) in [6.07, 6.45) is 10.7. The Morgan fingerprint density at radius 3 is 2.93 bits per heavy atom. The lowest BCUT2D eigenvalue weighted by molar-refractivity contribution is 0.0622. The quantitative estimate of drug-likeness (QED) is 0.839. The molecule has 1 unspecified atom stereocenters. The van der Waals surface area contributed by atoms with Crippen LogP contribution < -0.4 is 4.90 Å². The minimum atomic E-state index is -0.00601. The molecule has 27 heavy (non-hydrogen) atoms. The molecule has 1 atom stereocenters. The molecule has 3 heterocycles. The number of carbonyl (C=O) groups is 1. The second-order valence-corrected chi connectivity index (χ2v) is 8.58. The van der Waals surface area contributed by atoms with Gasteiger partial charge >= 0.3 is 0 Å². The fourth-order valence-corrected chi connectivity index (χ4v) is 4.86. The Balaban J connectivity index is 1.44. The molecule has 142 valence electrons. The predicted molar refractivity (Wildman–Crippen MR) is 104 cm³/mol. The van der Waals surface area contributed by atoms with Crippen LogP contribution in [0.3, 0.4) is 0 Å². The van der Waals surface area contributed by atoms with Crippen molar-refractivity contribution in [1.82, 2.24) is 19.4 Å². The molecule has 5 rings (SSSR count). The van der Waals surface area contributed by atoms with Gasteiger partial charge in [-0.2, -0.15) is 0 Å². The fraction of sp³-hybridized carbons (Fsp3) is 0.571. The van der Waals surface area contributed by atoms with Gasteiger partial charge < -0.3 is 14.4 Å². The summed E-state index contributed by atoms with van der Waals surface area (Å²) in [5, 5.41) is 0. The van der Waals surface area contributed by atoms with E-state index < -0.39 is 0 Å². The maximum Gasteiger partial charge on any atom is 0.270 e. The van der Waals surface area contributed by atoms with Crippen molar-refractivity contribution in [2.75, 3.05) is 32.1 Å². The molecule has 6 heteroatoms. The number of anilines is 1. The average Bonchev–Trinajstić information content (AvgIpc) is 3.32. The average molecular weight is 365 g/mol. The first-order chi connectivity index (χ1) is 13.1. The molecule has 0 aromatic carbocycles. The molecule has 1 aliphatic heterocycles. The standard InChI is InChI=1S/C21H27N5O/c1-24(2)20-22-13-15-8-10-21(18(15)23-20)9-4-11-25(14-21)19(27)17-5-3-12-26(17)16-6-7-16/h3,5,12-13,16H,4,6-11,14H2,1-2H3. The van der Waals surface area contributed by atoms with E-state index in [1.807, 2.05) is 37.3 Å². The number of amides is 1. The zero-order valence-corrected chi connectivity index (χ0v) is 16.2. The van der Waals surface area contributed by atoms with Crippen molar-refractivity contribution < 1.29 is 4.79 Å². The Labute approximate surface area is 160 Å². The van der Waals surface area contributed by atoms with E-state index in [0.29, 0.717) is 6.04 Å². The number of aryl methyl sites for hydroxylation is 1. The zero-order chi connectivity index (χ0) is 18.6. The van der Waals surface area contributed by atoms with Gasteiger partial charge in [-0.1, -0.05) is 0 Å². The first-order valence-corrected chi connectivity index (χ1v) is 10.1. The molecule has 1 saturated carbocycles. The molecular weight excluding hydrogens is 338 g/mol. The molecule has 0 radical (unpaired) electrons. The second kappa shape index (κ2) is 6.08. The lowest BCUT2D eigenvalue weighted by Gasteiger charge is -2.40. The van der Waals surface area contributed by atoms with E-state index in [2.05, 4.69) is 20.6 Å². The third-order valence-electron chi connectivity index (χ3n) is 6.43. The molecule has 3 aliphatic rings. The smallest absolute Gasteiger partial charge is 0.270 e. The summed E-state index contributed by atoms with van der Waals surface area (Å²) >= 11 is 0. The Bertz CT molecular complexity index is 880. The monoisotopic (exact) mass is 365 g/mol. The predicted octanol–water partition coefficient (Wildman–Crippen LogP) is 2.80. The SMILES string of the molecule is CN(C)c1ncc2c(n1)C1(CCCN(C(=O)c3cccn3C3CC3)C1)CC2. The largest absolute Gasteiger partial charge is 0.347 e. The Morgan fingerprint density at radius 2 is 2.15 bits per heavy atom. The lowest BCUT2D eigenvalue weighted by atomic mass is 9.77. The van der Waals surface area contributed by atoms with Crippen molar-refractivity contribution in [2.24, 2.45) is 0 Å². The van der Waals surface area contributed by atoms with Gasteiger partial charge in [-0.05, 0) is 56.2 Å². The van der Waals surface area contributed by atoms with Crippen LogP contribution in [0.1, 0.15) is 59.9 Å². The third kappa shape index (κ3) is 2.73. The van der Waals surface area contributed by atoms with Gasteiger partial charge in [-0.25, -0.2) is 9.97 Å². The molecule has 2 aromatic heterocycles. The van der Waals surface area contributed by atoms with Crippen LogP contribution >= 0.6 is 0 Å². The Kier molecular flexibility index (Phi) is 3.78. The first kappa shape index (κ1) is 16.8. The van der Waals surface area contributed by atoms with Crippen LogP contribution in [0.5, 0.6) is 0 Å². The van der Waals surface area contributed by atoms with Crippen molar-refractivity contribution >= 4 is 11.9 Å². The van der Waals surface area contributed by atoms with Gasteiger partial charge in [0.15, 0.2) is 0 Å². The van der Waals surface area contributed by atoms with Gasteiger partial charge in [0, 0.05) is 51.0 Å². The number of hydrogen-bond acceptors (Lipinski definition) is 4. The molecular formula is C21H27N5O. The first-order valence-electron chi connectivity index (χ1n) is 10.1. The van der Waals surface area contributed by atoms with Crippen LogP contribution in [-0.4, -0.2) is 52.5 Å².